The number of hydrogen-bond donors (Lipinski definition) is 0. The van der Waals surface area contributed by atoms with Crippen molar-refractivity contribution in [3.8, 4) is 0 Å². The molecule has 0 aromatic carbocycles. The lowest BCUT2D eigenvalue weighted by Crippen LogP contribution is -2.51. The highest BCUT2D eigenvalue weighted by molar-refractivity contribution is 5.66. The summed E-state index contributed by atoms with van der Waals surface area (Å²) in [5.74, 6) is 5.78. The molecule has 2 heteroatoms. The summed E-state index contributed by atoms with van der Waals surface area (Å²) in [5, 5.41) is 0. The third-order valence-electron chi connectivity index (χ3n) is 7.13. The first-order valence-electron chi connectivity index (χ1n) is 8.22. The van der Waals surface area contributed by atoms with E-state index in [4.69, 9.17) is 4.74 Å². The van der Waals surface area contributed by atoms with Gasteiger partial charge in [0, 0.05) is 12.8 Å². The molecule has 0 amide bonds. The fraction of sp³-hybridized carbons (Fsp3) is 0.941. The number of esters is 1. The fourth-order valence-electron chi connectivity index (χ4n) is 6.79. The van der Waals surface area contributed by atoms with E-state index < -0.39 is 0 Å². The summed E-state index contributed by atoms with van der Waals surface area (Å²) >= 11 is 0. The van der Waals surface area contributed by atoms with Gasteiger partial charge in [0.15, 0.2) is 0 Å². The molecule has 0 aromatic rings. The van der Waals surface area contributed by atoms with Crippen LogP contribution in [0.25, 0.3) is 0 Å². The molecule has 2 nitrogen and oxygen atoms in total. The van der Waals surface area contributed by atoms with Crippen molar-refractivity contribution in [1.29, 1.82) is 0 Å². The summed E-state index contributed by atoms with van der Waals surface area (Å²) < 4.78 is 5.97. The van der Waals surface area contributed by atoms with Gasteiger partial charge in [0.1, 0.15) is 5.60 Å². The van der Waals surface area contributed by atoms with Crippen molar-refractivity contribution in [3.05, 3.63) is 0 Å². The lowest BCUT2D eigenvalue weighted by molar-refractivity contribution is -0.177. The number of hydrogen-bond acceptors (Lipinski definition) is 2. The van der Waals surface area contributed by atoms with Crippen LogP contribution in [0.5, 0.6) is 0 Å². The van der Waals surface area contributed by atoms with Gasteiger partial charge in [-0.2, -0.15) is 0 Å². The molecule has 106 valence electrons. The van der Waals surface area contributed by atoms with Gasteiger partial charge >= 0.3 is 5.97 Å². The third-order valence-corrected chi connectivity index (χ3v) is 7.13. The molecule has 0 saturated heterocycles. The second kappa shape index (κ2) is 3.77. The SMILES string of the molecule is CC(=O)OC1(C(C)C)CC2CC1C1C3CCC(C3)C21. The number of fused-ring (bicyclic) bond motifs is 9. The molecular weight excluding hydrogens is 236 g/mol. The topological polar surface area (TPSA) is 26.3 Å². The highest BCUT2D eigenvalue weighted by atomic mass is 16.6. The first-order valence-corrected chi connectivity index (χ1v) is 8.22. The molecule has 4 bridgehead atoms. The molecule has 0 spiro atoms. The van der Waals surface area contributed by atoms with Crippen LogP contribution in [0.2, 0.25) is 0 Å². The third kappa shape index (κ3) is 1.41. The Balaban J connectivity index is 1.68. The van der Waals surface area contributed by atoms with Crippen LogP contribution in [0.3, 0.4) is 0 Å². The van der Waals surface area contributed by atoms with Crippen molar-refractivity contribution in [2.45, 2.75) is 58.5 Å². The molecule has 0 aromatic heterocycles. The fourth-order valence-corrected chi connectivity index (χ4v) is 6.79. The van der Waals surface area contributed by atoms with Gasteiger partial charge in [0.05, 0.1) is 0 Å². The van der Waals surface area contributed by atoms with Crippen LogP contribution >= 0.6 is 0 Å². The van der Waals surface area contributed by atoms with E-state index in [2.05, 4.69) is 13.8 Å². The number of rotatable bonds is 2. The zero-order valence-electron chi connectivity index (χ0n) is 12.4. The van der Waals surface area contributed by atoms with Crippen molar-refractivity contribution < 1.29 is 9.53 Å². The molecule has 4 saturated carbocycles. The predicted octanol–water partition coefficient (Wildman–Crippen LogP) is 3.65. The maximum absolute atomic E-state index is 11.6. The highest BCUT2D eigenvalue weighted by Crippen LogP contribution is 2.71. The second-order valence-electron chi connectivity index (χ2n) is 8.00. The Labute approximate surface area is 116 Å². The van der Waals surface area contributed by atoms with E-state index in [0.29, 0.717) is 11.8 Å². The molecule has 4 aliphatic rings. The largest absolute Gasteiger partial charge is 0.459 e. The first-order chi connectivity index (χ1) is 9.03. The molecular formula is C17H26O2. The van der Waals surface area contributed by atoms with E-state index >= 15 is 0 Å². The van der Waals surface area contributed by atoms with Crippen molar-refractivity contribution in [2.75, 3.05) is 0 Å². The average Bonchev–Trinajstić information content (AvgIpc) is 3.04. The summed E-state index contributed by atoms with van der Waals surface area (Å²) in [4.78, 5) is 11.6. The van der Waals surface area contributed by atoms with Crippen LogP contribution in [0.1, 0.15) is 52.9 Å². The summed E-state index contributed by atoms with van der Waals surface area (Å²) in [7, 11) is 0. The molecule has 0 aliphatic heterocycles. The van der Waals surface area contributed by atoms with Crippen LogP contribution in [-0.4, -0.2) is 11.6 Å². The van der Waals surface area contributed by atoms with E-state index in [-0.39, 0.29) is 11.6 Å². The zero-order chi connectivity index (χ0) is 13.4. The van der Waals surface area contributed by atoms with E-state index in [0.717, 1.165) is 36.0 Å². The molecule has 19 heavy (non-hydrogen) atoms. The van der Waals surface area contributed by atoms with Gasteiger partial charge in [-0.1, -0.05) is 13.8 Å². The quantitative estimate of drug-likeness (QED) is 0.561. The van der Waals surface area contributed by atoms with Crippen LogP contribution in [0.4, 0.5) is 0 Å². The van der Waals surface area contributed by atoms with E-state index in [9.17, 15) is 4.79 Å². The van der Waals surface area contributed by atoms with Gasteiger partial charge in [-0.05, 0) is 67.6 Å². The van der Waals surface area contributed by atoms with Gasteiger partial charge in [-0.15, -0.1) is 0 Å². The molecule has 4 rings (SSSR count). The van der Waals surface area contributed by atoms with Crippen molar-refractivity contribution in [1.82, 2.24) is 0 Å². The Morgan fingerprint density at radius 1 is 1.11 bits per heavy atom. The van der Waals surface area contributed by atoms with Crippen LogP contribution in [0, 0.1) is 41.4 Å². The maximum Gasteiger partial charge on any atom is 0.303 e. The zero-order valence-corrected chi connectivity index (χ0v) is 12.4. The molecule has 0 radical (unpaired) electrons. The second-order valence-corrected chi connectivity index (χ2v) is 8.00. The first kappa shape index (κ1) is 12.2. The summed E-state index contributed by atoms with van der Waals surface area (Å²) in [6.45, 7) is 6.10. The Bertz CT molecular complexity index is 415. The lowest BCUT2D eigenvalue weighted by Gasteiger charge is -2.48. The average molecular weight is 262 g/mol. The standard InChI is InChI=1S/C17H26O2/c1-9(2)17(19-10(3)18)8-13-7-14(17)16-12-5-4-11(6-12)15(13)16/h9,11-16H,4-8H2,1-3H3. The summed E-state index contributed by atoms with van der Waals surface area (Å²) in [5.41, 5.74) is -0.123. The van der Waals surface area contributed by atoms with Gasteiger partial charge < -0.3 is 4.74 Å². The van der Waals surface area contributed by atoms with E-state index in [1.54, 1.807) is 6.92 Å². The smallest absolute Gasteiger partial charge is 0.303 e. The minimum absolute atomic E-state index is 0.0686. The number of ether oxygens (including phenoxy) is 1. The molecule has 4 aliphatic carbocycles. The Hall–Kier alpha value is -0.530. The van der Waals surface area contributed by atoms with Crippen LogP contribution < -0.4 is 0 Å². The minimum atomic E-state index is -0.123. The Kier molecular flexibility index (Phi) is 2.42. The van der Waals surface area contributed by atoms with E-state index in [1.165, 1.54) is 25.7 Å². The number of carbonyl (C=O) groups is 1. The van der Waals surface area contributed by atoms with Crippen molar-refractivity contribution >= 4 is 5.97 Å². The van der Waals surface area contributed by atoms with E-state index in [1.807, 2.05) is 0 Å². The molecule has 0 heterocycles. The monoisotopic (exact) mass is 262 g/mol. The highest BCUT2D eigenvalue weighted by Gasteiger charge is 2.68. The Morgan fingerprint density at radius 2 is 1.79 bits per heavy atom. The Morgan fingerprint density at radius 3 is 2.42 bits per heavy atom. The summed E-state index contributed by atoms with van der Waals surface area (Å²) in [6, 6.07) is 0. The van der Waals surface area contributed by atoms with Gasteiger partial charge in [0.2, 0.25) is 0 Å². The van der Waals surface area contributed by atoms with Gasteiger partial charge in [0.25, 0.3) is 0 Å². The van der Waals surface area contributed by atoms with Gasteiger partial charge in [-0.25, -0.2) is 0 Å². The van der Waals surface area contributed by atoms with Crippen LogP contribution in [0.15, 0.2) is 0 Å². The van der Waals surface area contributed by atoms with Crippen LogP contribution in [-0.2, 0) is 9.53 Å². The summed E-state index contributed by atoms with van der Waals surface area (Å²) in [6.07, 6.45) is 6.91. The minimum Gasteiger partial charge on any atom is -0.459 e. The molecule has 4 fully saturated rings. The molecule has 7 atom stereocenters. The van der Waals surface area contributed by atoms with Gasteiger partial charge in [-0.3, -0.25) is 4.79 Å². The predicted molar refractivity (Wildman–Crippen MR) is 73.4 cm³/mol. The number of carbonyl (C=O) groups excluding carboxylic acids is 1. The van der Waals surface area contributed by atoms with Crippen molar-refractivity contribution in [2.24, 2.45) is 41.4 Å². The molecule has 7 unspecified atom stereocenters. The molecule has 0 N–H and O–H groups in total. The maximum atomic E-state index is 11.6. The normalized spacial score (nSPS) is 53.9. The van der Waals surface area contributed by atoms with Crippen molar-refractivity contribution in [3.63, 3.8) is 0 Å². The lowest BCUT2D eigenvalue weighted by atomic mass is 9.63.